The van der Waals surface area contributed by atoms with E-state index in [1.54, 1.807) is 20.8 Å². The largest absolute Gasteiger partial charge is 0.462 e. The molecule has 0 fully saturated rings. The normalized spacial score (nSPS) is 10.7. The smallest absolute Gasteiger partial charge is 0.355 e. The van der Waals surface area contributed by atoms with Crippen molar-refractivity contribution in [1.82, 2.24) is 15.1 Å². The average molecular weight is 375 g/mol. The zero-order chi connectivity index (χ0) is 18.7. The number of carbonyl (C=O) groups excluding carboxylic acids is 2. The fourth-order valence-electron chi connectivity index (χ4n) is 2.48. The highest BCUT2D eigenvalue weighted by molar-refractivity contribution is 7.13. The number of rotatable bonds is 6. The fourth-order valence-corrected chi connectivity index (χ4v) is 3.13. The van der Waals surface area contributed by atoms with Gasteiger partial charge in [-0.15, -0.1) is 11.3 Å². The standard InChI is InChI=1S/C17H17N3O5S/c1-4-23-16(21)13-9(2)14(18-10(13)3)17(22)24-8-12-19-15(20-25-12)11-6-5-7-26-11/h5-7,18H,4,8H2,1-3H3. The van der Waals surface area contributed by atoms with Crippen molar-refractivity contribution in [1.29, 1.82) is 0 Å². The first-order valence-corrected chi connectivity index (χ1v) is 8.79. The van der Waals surface area contributed by atoms with Crippen molar-refractivity contribution in [3.05, 3.63) is 45.9 Å². The number of nitrogens with one attached hydrogen (secondary N) is 1. The maximum absolute atomic E-state index is 12.3. The van der Waals surface area contributed by atoms with Gasteiger partial charge in [-0.2, -0.15) is 4.98 Å². The number of thiophene rings is 1. The lowest BCUT2D eigenvalue weighted by Gasteiger charge is -2.03. The van der Waals surface area contributed by atoms with E-state index >= 15 is 0 Å². The van der Waals surface area contributed by atoms with E-state index in [2.05, 4.69) is 15.1 Å². The molecule has 0 saturated heterocycles. The number of nitrogens with zero attached hydrogens (tertiary/aromatic N) is 2. The molecule has 0 aliphatic carbocycles. The second-order valence-electron chi connectivity index (χ2n) is 5.41. The summed E-state index contributed by atoms with van der Waals surface area (Å²) in [5, 5.41) is 5.76. The van der Waals surface area contributed by atoms with Crippen molar-refractivity contribution in [2.75, 3.05) is 6.61 Å². The third kappa shape index (κ3) is 3.52. The van der Waals surface area contributed by atoms with Gasteiger partial charge >= 0.3 is 11.9 Å². The van der Waals surface area contributed by atoms with Gasteiger partial charge in [0.1, 0.15) is 5.69 Å². The van der Waals surface area contributed by atoms with E-state index in [-0.39, 0.29) is 24.8 Å². The number of aryl methyl sites for hydroxylation is 1. The zero-order valence-corrected chi connectivity index (χ0v) is 15.3. The molecular weight excluding hydrogens is 358 g/mol. The van der Waals surface area contributed by atoms with Crippen LogP contribution in [-0.2, 0) is 16.1 Å². The maximum Gasteiger partial charge on any atom is 0.355 e. The highest BCUT2D eigenvalue weighted by atomic mass is 32.1. The monoisotopic (exact) mass is 375 g/mol. The third-order valence-corrected chi connectivity index (χ3v) is 4.52. The Balaban J connectivity index is 1.69. The lowest BCUT2D eigenvalue weighted by molar-refractivity contribution is 0.0422. The first-order valence-electron chi connectivity index (χ1n) is 7.91. The van der Waals surface area contributed by atoms with E-state index in [4.69, 9.17) is 14.0 Å². The molecule has 3 aromatic rings. The quantitative estimate of drug-likeness (QED) is 0.659. The van der Waals surface area contributed by atoms with Gasteiger partial charge < -0.3 is 19.0 Å². The molecule has 3 aromatic heterocycles. The molecule has 0 aliphatic rings. The Morgan fingerprint density at radius 2 is 2.08 bits per heavy atom. The van der Waals surface area contributed by atoms with E-state index in [0.717, 1.165) is 4.88 Å². The zero-order valence-electron chi connectivity index (χ0n) is 14.5. The fraction of sp³-hybridized carbons (Fsp3) is 0.294. The third-order valence-electron chi connectivity index (χ3n) is 3.66. The number of aromatic nitrogens is 3. The Morgan fingerprint density at radius 3 is 2.77 bits per heavy atom. The Kier molecular flexibility index (Phi) is 5.17. The first-order chi connectivity index (χ1) is 12.5. The molecule has 0 atom stereocenters. The van der Waals surface area contributed by atoms with Crippen molar-refractivity contribution in [3.63, 3.8) is 0 Å². The summed E-state index contributed by atoms with van der Waals surface area (Å²) in [7, 11) is 0. The molecule has 0 amide bonds. The van der Waals surface area contributed by atoms with Crippen LogP contribution in [-0.4, -0.2) is 33.7 Å². The highest BCUT2D eigenvalue weighted by Gasteiger charge is 2.24. The van der Waals surface area contributed by atoms with Crippen LogP contribution >= 0.6 is 11.3 Å². The number of carbonyl (C=O) groups is 2. The molecule has 8 nitrogen and oxygen atoms in total. The van der Waals surface area contributed by atoms with Crippen LogP contribution in [0.25, 0.3) is 10.7 Å². The minimum Gasteiger partial charge on any atom is -0.462 e. The van der Waals surface area contributed by atoms with E-state index in [0.29, 0.717) is 22.6 Å². The van der Waals surface area contributed by atoms with Crippen LogP contribution in [0.15, 0.2) is 22.0 Å². The average Bonchev–Trinajstić information content (AvgIpc) is 3.32. The number of aromatic amines is 1. The molecule has 0 aliphatic heterocycles. The molecule has 0 bridgehead atoms. The van der Waals surface area contributed by atoms with Crippen molar-refractivity contribution in [2.24, 2.45) is 0 Å². The Labute approximate surface area is 153 Å². The van der Waals surface area contributed by atoms with E-state index in [9.17, 15) is 9.59 Å². The molecule has 9 heteroatoms. The molecule has 0 saturated carbocycles. The minimum absolute atomic E-state index is 0.163. The summed E-state index contributed by atoms with van der Waals surface area (Å²) >= 11 is 1.48. The van der Waals surface area contributed by atoms with Crippen molar-refractivity contribution >= 4 is 23.3 Å². The SMILES string of the molecule is CCOC(=O)c1c(C)[nH]c(C(=O)OCc2nc(-c3cccs3)no2)c1C. The molecule has 3 heterocycles. The summed E-state index contributed by atoms with van der Waals surface area (Å²) in [6.45, 7) is 5.17. The van der Waals surface area contributed by atoms with Crippen molar-refractivity contribution < 1.29 is 23.6 Å². The number of hydrogen-bond acceptors (Lipinski definition) is 8. The predicted molar refractivity (Wildman–Crippen MR) is 93.0 cm³/mol. The summed E-state index contributed by atoms with van der Waals surface area (Å²) < 4.78 is 15.3. The summed E-state index contributed by atoms with van der Waals surface area (Å²) in [4.78, 5) is 32.2. The first kappa shape index (κ1) is 17.9. The van der Waals surface area contributed by atoms with Gasteiger partial charge in [0.05, 0.1) is 17.0 Å². The van der Waals surface area contributed by atoms with Gasteiger partial charge in [-0.3, -0.25) is 0 Å². The van der Waals surface area contributed by atoms with Crippen LogP contribution in [0.5, 0.6) is 0 Å². The van der Waals surface area contributed by atoms with Crippen LogP contribution in [0.3, 0.4) is 0 Å². The van der Waals surface area contributed by atoms with Gasteiger partial charge in [0.2, 0.25) is 5.82 Å². The number of hydrogen-bond donors (Lipinski definition) is 1. The van der Waals surface area contributed by atoms with Gasteiger partial charge in [-0.05, 0) is 37.8 Å². The molecule has 0 spiro atoms. The molecule has 0 aromatic carbocycles. The summed E-state index contributed by atoms with van der Waals surface area (Å²) in [5.41, 5.74) is 1.57. The van der Waals surface area contributed by atoms with Crippen LogP contribution in [0.1, 0.15) is 44.9 Å². The number of ether oxygens (including phenoxy) is 2. The highest BCUT2D eigenvalue weighted by Crippen LogP contribution is 2.22. The Bertz CT molecular complexity index is 927. The van der Waals surface area contributed by atoms with E-state index in [1.165, 1.54) is 11.3 Å². The number of H-pyrrole nitrogens is 1. The van der Waals surface area contributed by atoms with Gasteiger partial charge in [0.25, 0.3) is 5.89 Å². The Hall–Kier alpha value is -2.94. The number of esters is 2. The summed E-state index contributed by atoms with van der Waals surface area (Å²) in [6.07, 6.45) is 0. The predicted octanol–water partition coefficient (Wildman–Crippen LogP) is 3.28. The van der Waals surface area contributed by atoms with Crippen LogP contribution in [0.4, 0.5) is 0 Å². The Morgan fingerprint density at radius 1 is 1.27 bits per heavy atom. The molecule has 1 N–H and O–H groups in total. The summed E-state index contributed by atoms with van der Waals surface area (Å²) in [5.74, 6) is -0.455. The molecule has 3 rings (SSSR count). The van der Waals surface area contributed by atoms with Crippen molar-refractivity contribution in [2.45, 2.75) is 27.4 Å². The summed E-state index contributed by atoms with van der Waals surface area (Å²) in [6, 6.07) is 3.75. The maximum atomic E-state index is 12.3. The lowest BCUT2D eigenvalue weighted by Crippen LogP contribution is -2.09. The van der Waals surface area contributed by atoms with Gasteiger partial charge in [0, 0.05) is 5.69 Å². The lowest BCUT2D eigenvalue weighted by atomic mass is 10.1. The van der Waals surface area contributed by atoms with Crippen LogP contribution in [0.2, 0.25) is 0 Å². The molecule has 0 unspecified atom stereocenters. The van der Waals surface area contributed by atoms with E-state index < -0.39 is 11.9 Å². The van der Waals surface area contributed by atoms with Gasteiger partial charge in [-0.1, -0.05) is 11.2 Å². The molecule has 0 radical (unpaired) electrons. The van der Waals surface area contributed by atoms with Crippen molar-refractivity contribution in [3.8, 4) is 10.7 Å². The molecule has 136 valence electrons. The van der Waals surface area contributed by atoms with Crippen LogP contribution in [0, 0.1) is 13.8 Å². The van der Waals surface area contributed by atoms with Crippen LogP contribution < -0.4 is 0 Å². The van der Waals surface area contributed by atoms with E-state index in [1.807, 2.05) is 17.5 Å². The molecule has 26 heavy (non-hydrogen) atoms. The second-order valence-corrected chi connectivity index (χ2v) is 6.36. The second kappa shape index (κ2) is 7.52. The topological polar surface area (TPSA) is 107 Å². The molecular formula is C17H17N3O5S. The van der Waals surface area contributed by atoms with Gasteiger partial charge in [0.15, 0.2) is 6.61 Å². The van der Waals surface area contributed by atoms with Gasteiger partial charge in [-0.25, -0.2) is 9.59 Å². The minimum atomic E-state index is -0.614.